The third-order valence-corrected chi connectivity index (χ3v) is 3.29. The first kappa shape index (κ1) is 12.9. The van der Waals surface area contributed by atoms with Crippen molar-refractivity contribution < 1.29 is 19.1 Å². The lowest BCUT2D eigenvalue weighted by molar-refractivity contribution is -0.148. The predicted molar refractivity (Wildman–Crippen MR) is 62.7 cm³/mol. The summed E-state index contributed by atoms with van der Waals surface area (Å²) in [6.45, 7) is 2.21. The molecule has 0 N–H and O–H groups in total. The van der Waals surface area contributed by atoms with Crippen LogP contribution in [-0.2, 0) is 14.3 Å². The number of hydrogen-bond donors (Lipinski definition) is 0. The Morgan fingerprint density at radius 1 is 1.00 bits per heavy atom. The maximum absolute atomic E-state index is 11.5. The molecule has 2 rings (SSSR count). The first-order valence-electron chi connectivity index (χ1n) is 6.43. The van der Waals surface area contributed by atoms with Crippen LogP contribution in [0, 0.1) is 0 Å². The van der Waals surface area contributed by atoms with Gasteiger partial charge in [0.2, 0.25) is 11.8 Å². The van der Waals surface area contributed by atoms with Gasteiger partial charge in [-0.1, -0.05) is 0 Å². The molecule has 0 aromatic rings. The molecule has 6 nitrogen and oxygen atoms in total. The summed E-state index contributed by atoms with van der Waals surface area (Å²) < 4.78 is 4.81. The van der Waals surface area contributed by atoms with Crippen molar-refractivity contribution in [2.75, 3.05) is 26.2 Å². The number of imide groups is 1. The molecule has 2 saturated heterocycles. The number of hydrogen-bond acceptors (Lipinski definition) is 4. The van der Waals surface area contributed by atoms with Gasteiger partial charge in [-0.25, -0.2) is 4.79 Å². The lowest BCUT2D eigenvalue weighted by Gasteiger charge is -2.25. The van der Waals surface area contributed by atoms with E-state index in [9.17, 15) is 14.4 Å². The standard InChI is InChI=1S/C12H18N2O4/c15-10-4-3-5-11(16)14(10)7-2-1-6-13-8-9-18-12(13)17/h1-9H2. The van der Waals surface area contributed by atoms with E-state index in [1.807, 2.05) is 0 Å². The Morgan fingerprint density at radius 2 is 1.67 bits per heavy atom. The first-order chi connectivity index (χ1) is 8.68. The molecule has 2 heterocycles. The summed E-state index contributed by atoms with van der Waals surface area (Å²) in [4.78, 5) is 37.2. The molecule has 0 atom stereocenters. The predicted octanol–water partition coefficient (Wildman–Crippen LogP) is 0.758. The first-order valence-corrected chi connectivity index (χ1v) is 6.43. The molecule has 6 heteroatoms. The van der Waals surface area contributed by atoms with E-state index >= 15 is 0 Å². The van der Waals surface area contributed by atoms with Gasteiger partial charge in [-0.3, -0.25) is 14.5 Å². The zero-order valence-electron chi connectivity index (χ0n) is 10.4. The summed E-state index contributed by atoms with van der Waals surface area (Å²) in [6, 6.07) is 0. The zero-order valence-corrected chi connectivity index (χ0v) is 10.4. The van der Waals surface area contributed by atoms with Crippen molar-refractivity contribution in [3.8, 4) is 0 Å². The molecule has 0 aliphatic carbocycles. The molecule has 0 aromatic carbocycles. The van der Waals surface area contributed by atoms with Crippen LogP contribution < -0.4 is 0 Å². The summed E-state index contributed by atoms with van der Waals surface area (Å²) in [5, 5.41) is 0. The van der Waals surface area contributed by atoms with Gasteiger partial charge in [0.15, 0.2) is 0 Å². The smallest absolute Gasteiger partial charge is 0.409 e. The summed E-state index contributed by atoms with van der Waals surface area (Å²) in [5.41, 5.74) is 0. The highest BCUT2D eigenvalue weighted by Crippen LogP contribution is 2.13. The van der Waals surface area contributed by atoms with E-state index in [1.165, 1.54) is 4.90 Å². The van der Waals surface area contributed by atoms with E-state index in [4.69, 9.17) is 4.74 Å². The number of carbonyl (C=O) groups is 3. The van der Waals surface area contributed by atoms with Crippen LogP contribution in [0.4, 0.5) is 4.79 Å². The van der Waals surface area contributed by atoms with E-state index in [-0.39, 0.29) is 17.9 Å². The molecule has 0 unspecified atom stereocenters. The Morgan fingerprint density at radius 3 is 2.28 bits per heavy atom. The normalized spacial score (nSPS) is 20.6. The average molecular weight is 254 g/mol. The van der Waals surface area contributed by atoms with Crippen LogP contribution in [0.3, 0.4) is 0 Å². The van der Waals surface area contributed by atoms with Gasteiger partial charge >= 0.3 is 6.09 Å². The second-order valence-electron chi connectivity index (χ2n) is 4.60. The molecule has 2 aliphatic heterocycles. The molecule has 2 aliphatic rings. The van der Waals surface area contributed by atoms with Crippen LogP contribution in [0.1, 0.15) is 32.1 Å². The highest BCUT2D eigenvalue weighted by atomic mass is 16.6. The Bertz CT molecular complexity index is 340. The van der Waals surface area contributed by atoms with Crippen molar-refractivity contribution in [3.05, 3.63) is 0 Å². The quantitative estimate of drug-likeness (QED) is 0.536. The van der Waals surface area contributed by atoms with Gasteiger partial charge in [0.1, 0.15) is 6.61 Å². The summed E-state index contributed by atoms with van der Waals surface area (Å²) in [7, 11) is 0. The Balaban J connectivity index is 1.67. The van der Waals surface area contributed by atoms with Gasteiger partial charge in [0.25, 0.3) is 0 Å². The molecule has 0 radical (unpaired) electrons. The SMILES string of the molecule is O=C1OCCN1CCCCN1C(=O)CCCC1=O. The summed E-state index contributed by atoms with van der Waals surface area (Å²) in [5.74, 6) is -0.126. The van der Waals surface area contributed by atoms with E-state index in [0.717, 1.165) is 12.8 Å². The third-order valence-electron chi connectivity index (χ3n) is 3.29. The Kier molecular flexibility index (Phi) is 4.17. The van der Waals surface area contributed by atoms with Crippen molar-refractivity contribution in [2.45, 2.75) is 32.1 Å². The topological polar surface area (TPSA) is 66.9 Å². The fraction of sp³-hybridized carbons (Fsp3) is 0.750. The maximum Gasteiger partial charge on any atom is 0.409 e. The van der Waals surface area contributed by atoms with Gasteiger partial charge in [0.05, 0.1) is 6.54 Å². The average Bonchev–Trinajstić information content (AvgIpc) is 2.73. The molecule has 100 valence electrons. The molecule has 0 aromatic heterocycles. The lowest BCUT2D eigenvalue weighted by Crippen LogP contribution is -2.40. The molecule has 18 heavy (non-hydrogen) atoms. The molecule has 0 bridgehead atoms. The van der Waals surface area contributed by atoms with Crippen molar-refractivity contribution in [2.24, 2.45) is 0 Å². The molecular formula is C12H18N2O4. The number of rotatable bonds is 5. The summed E-state index contributed by atoms with van der Waals surface area (Å²) >= 11 is 0. The molecule has 0 spiro atoms. The number of cyclic esters (lactones) is 1. The number of piperidine rings is 1. The van der Waals surface area contributed by atoms with Gasteiger partial charge in [0, 0.05) is 25.9 Å². The Labute approximate surface area is 106 Å². The van der Waals surface area contributed by atoms with Gasteiger partial charge in [-0.2, -0.15) is 0 Å². The van der Waals surface area contributed by atoms with Crippen LogP contribution in [0.2, 0.25) is 0 Å². The Hall–Kier alpha value is -1.59. The maximum atomic E-state index is 11.5. The number of likely N-dealkylation sites (tertiary alicyclic amines) is 1. The van der Waals surface area contributed by atoms with E-state index < -0.39 is 0 Å². The third kappa shape index (κ3) is 3.00. The van der Waals surface area contributed by atoms with Gasteiger partial charge in [-0.15, -0.1) is 0 Å². The summed E-state index contributed by atoms with van der Waals surface area (Å²) in [6.07, 6.45) is 2.88. The molecule has 0 saturated carbocycles. The molecule has 2 fully saturated rings. The minimum absolute atomic E-state index is 0.0631. The van der Waals surface area contributed by atoms with Crippen molar-refractivity contribution >= 4 is 17.9 Å². The molecule has 3 amide bonds. The van der Waals surface area contributed by atoms with Crippen molar-refractivity contribution in [1.82, 2.24) is 9.80 Å². The second kappa shape index (κ2) is 5.84. The van der Waals surface area contributed by atoms with Crippen LogP contribution in [0.25, 0.3) is 0 Å². The number of unbranched alkanes of at least 4 members (excludes halogenated alkanes) is 1. The van der Waals surface area contributed by atoms with Gasteiger partial charge in [-0.05, 0) is 19.3 Å². The van der Waals surface area contributed by atoms with Crippen molar-refractivity contribution in [3.63, 3.8) is 0 Å². The van der Waals surface area contributed by atoms with Crippen LogP contribution in [-0.4, -0.2) is 53.9 Å². The number of carbonyl (C=O) groups excluding carboxylic acids is 3. The molecular weight excluding hydrogens is 236 g/mol. The van der Waals surface area contributed by atoms with E-state index in [0.29, 0.717) is 45.5 Å². The largest absolute Gasteiger partial charge is 0.448 e. The highest BCUT2D eigenvalue weighted by Gasteiger charge is 2.25. The van der Waals surface area contributed by atoms with Crippen LogP contribution in [0.15, 0.2) is 0 Å². The highest BCUT2D eigenvalue weighted by molar-refractivity contribution is 5.97. The number of nitrogens with zero attached hydrogens (tertiary/aromatic N) is 2. The number of ether oxygens (including phenoxy) is 1. The zero-order chi connectivity index (χ0) is 13.0. The minimum Gasteiger partial charge on any atom is -0.448 e. The fourth-order valence-corrected chi connectivity index (χ4v) is 2.25. The second-order valence-corrected chi connectivity index (χ2v) is 4.60. The van der Waals surface area contributed by atoms with Crippen LogP contribution >= 0.6 is 0 Å². The minimum atomic E-state index is -0.264. The van der Waals surface area contributed by atoms with Gasteiger partial charge < -0.3 is 9.64 Å². The number of amides is 3. The van der Waals surface area contributed by atoms with E-state index in [1.54, 1.807) is 4.90 Å². The van der Waals surface area contributed by atoms with Crippen LogP contribution in [0.5, 0.6) is 0 Å². The monoisotopic (exact) mass is 254 g/mol. The lowest BCUT2D eigenvalue weighted by atomic mass is 10.1. The fourth-order valence-electron chi connectivity index (χ4n) is 2.25. The van der Waals surface area contributed by atoms with E-state index in [2.05, 4.69) is 0 Å². The van der Waals surface area contributed by atoms with Crippen molar-refractivity contribution in [1.29, 1.82) is 0 Å².